The Balaban J connectivity index is 1.35. The topological polar surface area (TPSA) is 135 Å². The molecule has 4 aromatic rings. The summed E-state index contributed by atoms with van der Waals surface area (Å²) in [4.78, 5) is 30.6. The Bertz CT molecular complexity index is 1640. The largest absolute Gasteiger partial charge is 0.460 e. The van der Waals surface area contributed by atoms with Crippen molar-refractivity contribution in [1.29, 1.82) is 10.7 Å². The first-order chi connectivity index (χ1) is 18.9. The van der Waals surface area contributed by atoms with Crippen molar-refractivity contribution in [3.63, 3.8) is 0 Å². The van der Waals surface area contributed by atoms with Gasteiger partial charge in [-0.15, -0.1) is 0 Å². The van der Waals surface area contributed by atoms with Crippen LogP contribution < -0.4 is 10.1 Å². The van der Waals surface area contributed by atoms with Crippen molar-refractivity contribution >= 4 is 34.8 Å². The third-order valence-corrected chi connectivity index (χ3v) is 6.79. The van der Waals surface area contributed by atoms with Crippen LogP contribution in [0.2, 0.25) is 0 Å². The predicted octanol–water partition coefficient (Wildman–Crippen LogP) is 4.97. The van der Waals surface area contributed by atoms with Gasteiger partial charge in [0.25, 0.3) is 11.8 Å². The molecule has 2 aromatic carbocycles. The molecule has 1 saturated heterocycles. The second-order valence-corrected chi connectivity index (χ2v) is 9.40. The molecule has 3 heterocycles. The molecule has 9 nitrogen and oxygen atoms in total. The quantitative estimate of drug-likeness (QED) is 0.222. The normalized spacial score (nSPS) is 13.6. The Morgan fingerprint density at radius 2 is 2.00 bits per heavy atom. The van der Waals surface area contributed by atoms with E-state index in [0.29, 0.717) is 70.3 Å². The lowest BCUT2D eigenvalue weighted by Crippen LogP contribution is -2.49. The highest BCUT2D eigenvalue weighted by Crippen LogP contribution is 2.32. The molecule has 3 N–H and O–H groups in total. The van der Waals surface area contributed by atoms with Gasteiger partial charge >= 0.3 is 0 Å². The van der Waals surface area contributed by atoms with Crippen LogP contribution >= 0.6 is 0 Å². The van der Waals surface area contributed by atoms with Gasteiger partial charge in [-0.05, 0) is 37.1 Å². The molecule has 0 bridgehead atoms. The molecule has 5 rings (SSSR count). The van der Waals surface area contributed by atoms with E-state index in [9.17, 15) is 9.59 Å². The van der Waals surface area contributed by atoms with Crippen LogP contribution in [-0.2, 0) is 6.54 Å². The van der Waals surface area contributed by atoms with Crippen molar-refractivity contribution in [3.8, 4) is 11.8 Å². The molecule has 2 aromatic heterocycles. The zero-order valence-electron chi connectivity index (χ0n) is 21.6. The fourth-order valence-electron chi connectivity index (χ4n) is 4.65. The van der Waals surface area contributed by atoms with Gasteiger partial charge in [0.15, 0.2) is 5.76 Å². The average Bonchev–Trinajstić information content (AvgIpc) is 3.45. The SMILES string of the molecule is Cc1oc2cc(O/C(=C/C=N)c3[nH]cc(C(=O)N4CC(C#N)C4)c3C)ccc2c1C(=O)NCc1ccccc1. The van der Waals surface area contributed by atoms with Crippen molar-refractivity contribution in [2.45, 2.75) is 20.4 Å². The van der Waals surface area contributed by atoms with E-state index in [1.54, 1.807) is 43.1 Å². The minimum absolute atomic E-state index is 0.125. The Hall–Kier alpha value is -5.10. The molecule has 1 aliphatic heterocycles. The maximum atomic E-state index is 13.0. The molecule has 39 heavy (non-hydrogen) atoms. The van der Waals surface area contributed by atoms with Gasteiger partial charge < -0.3 is 29.8 Å². The lowest BCUT2D eigenvalue weighted by atomic mass is 10.00. The van der Waals surface area contributed by atoms with Crippen LogP contribution in [-0.4, -0.2) is 41.0 Å². The molecule has 2 amide bonds. The van der Waals surface area contributed by atoms with Crippen LogP contribution in [0, 0.1) is 36.5 Å². The number of nitriles is 1. The lowest BCUT2D eigenvalue weighted by molar-refractivity contribution is 0.0576. The standard InChI is InChI=1S/C30H27N5O4/c1-18-24(30(37)35-16-21(13-32)17-35)15-33-28(18)25(10-11-31)39-22-8-9-23-26(12-22)38-19(2)27(23)29(36)34-14-20-6-4-3-5-7-20/h3-12,15,21,31,33H,14,16-17H2,1-2H3,(H,34,36)/b25-10+,31-11?. The van der Waals surface area contributed by atoms with Crippen LogP contribution in [0.3, 0.4) is 0 Å². The number of fused-ring (bicyclic) bond motifs is 1. The van der Waals surface area contributed by atoms with Crippen molar-refractivity contribution in [3.05, 3.63) is 94.5 Å². The molecular weight excluding hydrogens is 494 g/mol. The summed E-state index contributed by atoms with van der Waals surface area (Å²) in [5, 5.41) is 20.2. The van der Waals surface area contributed by atoms with Crippen molar-refractivity contribution in [2.75, 3.05) is 13.1 Å². The summed E-state index contributed by atoms with van der Waals surface area (Å²) >= 11 is 0. The average molecular weight is 522 g/mol. The number of hydrogen-bond donors (Lipinski definition) is 3. The van der Waals surface area contributed by atoms with Gasteiger partial charge in [0.1, 0.15) is 17.1 Å². The molecule has 196 valence electrons. The van der Waals surface area contributed by atoms with Crippen molar-refractivity contribution in [1.82, 2.24) is 15.2 Å². The maximum absolute atomic E-state index is 13.0. The van der Waals surface area contributed by atoms with E-state index in [4.69, 9.17) is 19.8 Å². The van der Waals surface area contributed by atoms with Crippen LogP contribution in [0.25, 0.3) is 16.7 Å². The molecule has 1 aliphatic rings. The van der Waals surface area contributed by atoms with E-state index < -0.39 is 0 Å². The summed E-state index contributed by atoms with van der Waals surface area (Å²) in [5.41, 5.74) is 3.70. The number of hydrogen-bond acceptors (Lipinski definition) is 6. The van der Waals surface area contributed by atoms with E-state index >= 15 is 0 Å². The summed E-state index contributed by atoms with van der Waals surface area (Å²) in [6, 6.07) is 17.0. The van der Waals surface area contributed by atoms with E-state index in [1.165, 1.54) is 6.08 Å². The van der Waals surface area contributed by atoms with E-state index in [0.717, 1.165) is 11.8 Å². The Morgan fingerprint density at radius 3 is 2.72 bits per heavy atom. The Labute approximate surface area is 225 Å². The number of benzene rings is 2. The minimum Gasteiger partial charge on any atom is -0.460 e. The fraction of sp³-hybridized carbons (Fsp3) is 0.200. The number of carbonyl (C=O) groups is 2. The molecule has 0 spiro atoms. The second kappa shape index (κ2) is 10.7. The molecular formula is C30H27N5O4. The number of amides is 2. The minimum atomic E-state index is -0.226. The van der Waals surface area contributed by atoms with Gasteiger partial charge in [-0.1, -0.05) is 30.3 Å². The number of aromatic amines is 1. The molecule has 9 heteroatoms. The molecule has 0 radical (unpaired) electrons. The first kappa shape index (κ1) is 25.5. The van der Waals surface area contributed by atoms with Gasteiger partial charge in [0.05, 0.1) is 28.8 Å². The van der Waals surface area contributed by atoms with Crippen LogP contribution in [0.15, 0.2) is 65.2 Å². The summed E-state index contributed by atoms with van der Waals surface area (Å²) in [5.74, 6) is 0.790. The highest BCUT2D eigenvalue weighted by Gasteiger charge is 2.32. The molecule has 0 aliphatic carbocycles. The Morgan fingerprint density at radius 1 is 1.23 bits per heavy atom. The number of nitrogens with zero attached hydrogens (tertiary/aromatic N) is 2. The number of furan rings is 1. The van der Waals surface area contributed by atoms with E-state index in [-0.39, 0.29) is 17.7 Å². The van der Waals surface area contributed by atoms with Gasteiger partial charge in [-0.2, -0.15) is 5.26 Å². The van der Waals surface area contributed by atoms with E-state index in [1.807, 2.05) is 30.3 Å². The second-order valence-electron chi connectivity index (χ2n) is 9.40. The van der Waals surface area contributed by atoms with Gasteiger partial charge in [-0.3, -0.25) is 9.59 Å². The smallest absolute Gasteiger partial charge is 0.255 e. The van der Waals surface area contributed by atoms with Crippen LogP contribution in [0.1, 0.15) is 43.3 Å². The number of H-pyrrole nitrogens is 1. The first-order valence-electron chi connectivity index (χ1n) is 12.5. The zero-order valence-corrected chi connectivity index (χ0v) is 21.6. The summed E-state index contributed by atoms with van der Waals surface area (Å²) < 4.78 is 12.0. The first-order valence-corrected chi connectivity index (χ1v) is 12.5. The third kappa shape index (κ3) is 5.05. The fourth-order valence-corrected chi connectivity index (χ4v) is 4.65. The Kier molecular flexibility index (Phi) is 7.02. The van der Waals surface area contributed by atoms with Crippen LogP contribution in [0.5, 0.6) is 5.75 Å². The number of aromatic nitrogens is 1. The summed E-state index contributed by atoms with van der Waals surface area (Å²) in [7, 11) is 0. The number of rotatable bonds is 8. The molecule has 0 saturated carbocycles. The lowest BCUT2D eigenvalue weighted by Gasteiger charge is -2.35. The highest BCUT2D eigenvalue weighted by molar-refractivity contribution is 6.07. The van der Waals surface area contributed by atoms with Crippen molar-refractivity contribution < 1.29 is 18.7 Å². The predicted molar refractivity (Wildman–Crippen MR) is 146 cm³/mol. The maximum Gasteiger partial charge on any atom is 0.255 e. The summed E-state index contributed by atoms with van der Waals surface area (Å²) in [6.45, 7) is 4.80. The summed E-state index contributed by atoms with van der Waals surface area (Å²) in [6.07, 6.45) is 4.21. The van der Waals surface area contributed by atoms with Gasteiger partial charge in [0.2, 0.25) is 0 Å². The zero-order chi connectivity index (χ0) is 27.5. The number of carbonyl (C=O) groups excluding carboxylic acids is 2. The highest BCUT2D eigenvalue weighted by atomic mass is 16.5. The molecule has 0 atom stereocenters. The van der Waals surface area contributed by atoms with Gasteiger partial charge in [-0.25, -0.2) is 0 Å². The third-order valence-electron chi connectivity index (χ3n) is 6.79. The molecule has 0 unspecified atom stereocenters. The van der Waals surface area contributed by atoms with Crippen LogP contribution in [0.4, 0.5) is 0 Å². The van der Waals surface area contributed by atoms with Gasteiger partial charge in [0, 0.05) is 49.6 Å². The number of likely N-dealkylation sites (tertiary alicyclic amines) is 1. The number of nitrogens with one attached hydrogen (secondary N) is 3. The van der Waals surface area contributed by atoms with Crippen molar-refractivity contribution in [2.24, 2.45) is 5.92 Å². The molecule has 1 fully saturated rings. The number of aryl methyl sites for hydroxylation is 1. The number of allylic oxidation sites excluding steroid dienone is 1. The monoisotopic (exact) mass is 521 g/mol. The van der Waals surface area contributed by atoms with E-state index in [2.05, 4.69) is 16.4 Å². The number of ether oxygens (including phenoxy) is 1.